The number of esters is 1. The lowest BCUT2D eigenvalue weighted by molar-refractivity contribution is -0.146. The Morgan fingerprint density at radius 1 is 1.09 bits per heavy atom. The van der Waals surface area contributed by atoms with Crippen molar-refractivity contribution in [2.24, 2.45) is 0 Å². The Bertz CT molecular complexity index is 461. The second kappa shape index (κ2) is 11.5. The highest BCUT2D eigenvalue weighted by atomic mass is 16.5. The van der Waals surface area contributed by atoms with Crippen LogP contribution in [0.3, 0.4) is 0 Å². The van der Waals surface area contributed by atoms with E-state index in [2.05, 4.69) is 17.0 Å². The summed E-state index contributed by atoms with van der Waals surface area (Å²) in [5, 5.41) is 2.54. The fourth-order valence-electron chi connectivity index (χ4n) is 2.22. The van der Waals surface area contributed by atoms with Crippen LogP contribution in [-0.2, 0) is 20.7 Å². The second-order valence-corrected chi connectivity index (χ2v) is 5.46. The molecule has 0 saturated carbocycles. The summed E-state index contributed by atoms with van der Waals surface area (Å²) in [5.74, 6) is -0.422. The molecular formula is C18H27NO4. The largest absolute Gasteiger partial charge is 0.464 e. The number of alkyl carbamates (subject to hydrolysis) is 1. The number of ether oxygens (including phenoxy) is 2. The zero-order valence-corrected chi connectivity index (χ0v) is 14.0. The molecule has 5 nitrogen and oxygen atoms in total. The standard InChI is InChI=1S/C18H27NO4/c1-3-4-5-6-10-13-23-17(20)16(19-18(21)22-2)14-15-11-8-7-9-12-15/h7-9,11-12,16H,3-6,10,13-14H2,1-2H3,(H,19,21). The lowest BCUT2D eigenvalue weighted by Crippen LogP contribution is -2.43. The van der Waals surface area contributed by atoms with Crippen LogP contribution in [0.1, 0.15) is 44.6 Å². The minimum absolute atomic E-state index is 0.380. The number of carbonyl (C=O) groups is 2. The van der Waals surface area contributed by atoms with Gasteiger partial charge < -0.3 is 14.8 Å². The van der Waals surface area contributed by atoms with Crippen molar-refractivity contribution in [2.75, 3.05) is 13.7 Å². The van der Waals surface area contributed by atoms with Gasteiger partial charge in [-0.3, -0.25) is 0 Å². The number of methoxy groups -OCH3 is 1. The number of carbonyl (C=O) groups excluding carboxylic acids is 2. The van der Waals surface area contributed by atoms with Gasteiger partial charge in [-0.1, -0.05) is 62.9 Å². The molecule has 1 unspecified atom stereocenters. The van der Waals surface area contributed by atoms with Gasteiger partial charge in [0, 0.05) is 6.42 Å². The van der Waals surface area contributed by atoms with E-state index in [9.17, 15) is 9.59 Å². The molecular weight excluding hydrogens is 294 g/mol. The van der Waals surface area contributed by atoms with E-state index in [4.69, 9.17) is 4.74 Å². The molecule has 1 N–H and O–H groups in total. The summed E-state index contributed by atoms with van der Waals surface area (Å²) >= 11 is 0. The molecule has 23 heavy (non-hydrogen) atoms. The first-order chi connectivity index (χ1) is 11.2. The minimum atomic E-state index is -0.736. The predicted octanol–water partition coefficient (Wildman–Crippen LogP) is 3.47. The molecule has 0 fully saturated rings. The SMILES string of the molecule is CCCCCCCOC(=O)C(Cc1ccccc1)NC(=O)OC. The zero-order valence-electron chi connectivity index (χ0n) is 14.0. The number of nitrogens with one attached hydrogen (secondary N) is 1. The van der Waals surface area contributed by atoms with Crippen LogP contribution in [0.25, 0.3) is 0 Å². The molecule has 0 aliphatic heterocycles. The van der Waals surface area contributed by atoms with Crippen LogP contribution in [-0.4, -0.2) is 31.8 Å². The van der Waals surface area contributed by atoms with Gasteiger partial charge in [-0.25, -0.2) is 9.59 Å². The summed E-state index contributed by atoms with van der Waals surface area (Å²) in [6, 6.07) is 8.77. The summed E-state index contributed by atoms with van der Waals surface area (Å²) in [4.78, 5) is 23.6. The molecule has 128 valence electrons. The van der Waals surface area contributed by atoms with Crippen molar-refractivity contribution < 1.29 is 19.1 Å². The van der Waals surface area contributed by atoms with Crippen LogP contribution in [0.4, 0.5) is 4.79 Å². The van der Waals surface area contributed by atoms with Crippen molar-refractivity contribution in [3.63, 3.8) is 0 Å². The van der Waals surface area contributed by atoms with Crippen LogP contribution in [0, 0.1) is 0 Å². The average Bonchev–Trinajstić information content (AvgIpc) is 2.58. The molecule has 0 heterocycles. The highest BCUT2D eigenvalue weighted by Crippen LogP contribution is 2.07. The number of benzene rings is 1. The molecule has 1 rings (SSSR count). The minimum Gasteiger partial charge on any atom is -0.464 e. The molecule has 0 radical (unpaired) electrons. The van der Waals surface area contributed by atoms with Gasteiger partial charge in [0.2, 0.25) is 0 Å². The lowest BCUT2D eigenvalue weighted by atomic mass is 10.1. The van der Waals surface area contributed by atoms with Crippen molar-refractivity contribution in [1.29, 1.82) is 0 Å². The van der Waals surface area contributed by atoms with Crippen molar-refractivity contribution in [3.05, 3.63) is 35.9 Å². The second-order valence-electron chi connectivity index (χ2n) is 5.46. The third-order valence-electron chi connectivity index (χ3n) is 3.54. The molecule has 1 aromatic carbocycles. The van der Waals surface area contributed by atoms with Gasteiger partial charge in [0.05, 0.1) is 13.7 Å². The van der Waals surface area contributed by atoms with E-state index in [0.29, 0.717) is 13.0 Å². The molecule has 0 bridgehead atoms. The van der Waals surface area contributed by atoms with Gasteiger partial charge in [0.1, 0.15) is 6.04 Å². The molecule has 0 aliphatic carbocycles. The molecule has 0 spiro atoms. The van der Waals surface area contributed by atoms with E-state index in [1.807, 2.05) is 30.3 Å². The van der Waals surface area contributed by atoms with Crippen molar-refractivity contribution in [2.45, 2.75) is 51.5 Å². The fourth-order valence-corrected chi connectivity index (χ4v) is 2.22. The molecule has 0 aromatic heterocycles. The van der Waals surface area contributed by atoms with Crippen LogP contribution in [0.2, 0.25) is 0 Å². The average molecular weight is 321 g/mol. The fraction of sp³-hybridized carbons (Fsp3) is 0.556. The van der Waals surface area contributed by atoms with Crippen LogP contribution < -0.4 is 5.32 Å². The van der Waals surface area contributed by atoms with Crippen molar-refractivity contribution >= 4 is 12.1 Å². The van der Waals surface area contributed by atoms with Crippen LogP contribution in [0.15, 0.2) is 30.3 Å². The Kier molecular flexibility index (Phi) is 9.52. The summed E-state index contributed by atoms with van der Waals surface area (Å²) in [6.45, 7) is 2.55. The summed E-state index contributed by atoms with van der Waals surface area (Å²) < 4.78 is 9.87. The van der Waals surface area contributed by atoms with E-state index in [-0.39, 0.29) is 0 Å². The van der Waals surface area contributed by atoms with Gasteiger partial charge in [0.25, 0.3) is 0 Å². The maximum Gasteiger partial charge on any atom is 0.407 e. The molecule has 1 atom stereocenters. The molecule has 0 aliphatic rings. The Hall–Kier alpha value is -2.04. The van der Waals surface area contributed by atoms with E-state index in [1.165, 1.54) is 20.0 Å². The van der Waals surface area contributed by atoms with Crippen molar-refractivity contribution in [3.8, 4) is 0 Å². The number of rotatable bonds is 10. The highest BCUT2D eigenvalue weighted by molar-refractivity contribution is 5.81. The molecule has 0 saturated heterocycles. The van der Waals surface area contributed by atoms with Crippen molar-refractivity contribution in [1.82, 2.24) is 5.32 Å². The zero-order chi connectivity index (χ0) is 16.9. The number of unbranched alkanes of at least 4 members (excludes halogenated alkanes) is 4. The quantitative estimate of drug-likeness (QED) is 0.529. The molecule has 5 heteroatoms. The van der Waals surface area contributed by atoms with E-state index < -0.39 is 18.1 Å². The molecule has 1 amide bonds. The van der Waals surface area contributed by atoms with Crippen LogP contribution >= 0.6 is 0 Å². The third kappa shape index (κ3) is 8.24. The van der Waals surface area contributed by atoms with E-state index >= 15 is 0 Å². The summed E-state index contributed by atoms with van der Waals surface area (Å²) in [6.07, 6.45) is 5.19. The van der Waals surface area contributed by atoms with E-state index in [1.54, 1.807) is 0 Å². The van der Waals surface area contributed by atoms with Gasteiger partial charge in [-0.2, -0.15) is 0 Å². The van der Waals surface area contributed by atoms with Gasteiger partial charge in [-0.15, -0.1) is 0 Å². The van der Waals surface area contributed by atoms with E-state index in [0.717, 1.165) is 24.8 Å². The maximum absolute atomic E-state index is 12.2. The first-order valence-corrected chi connectivity index (χ1v) is 8.22. The number of amides is 1. The highest BCUT2D eigenvalue weighted by Gasteiger charge is 2.23. The normalized spacial score (nSPS) is 11.6. The smallest absolute Gasteiger partial charge is 0.407 e. The Morgan fingerprint density at radius 3 is 2.43 bits per heavy atom. The first kappa shape index (κ1) is 19.0. The Labute approximate surface area is 138 Å². The van der Waals surface area contributed by atoms with Crippen LogP contribution in [0.5, 0.6) is 0 Å². The Morgan fingerprint density at radius 2 is 1.78 bits per heavy atom. The number of hydrogen-bond donors (Lipinski definition) is 1. The predicted molar refractivity (Wildman–Crippen MR) is 89.2 cm³/mol. The van der Waals surface area contributed by atoms with Gasteiger partial charge in [0.15, 0.2) is 0 Å². The first-order valence-electron chi connectivity index (χ1n) is 8.22. The summed E-state index contributed by atoms with van der Waals surface area (Å²) in [5.41, 5.74) is 0.953. The topological polar surface area (TPSA) is 64.6 Å². The monoisotopic (exact) mass is 321 g/mol. The Balaban J connectivity index is 2.47. The lowest BCUT2D eigenvalue weighted by Gasteiger charge is -2.17. The molecule has 1 aromatic rings. The van der Waals surface area contributed by atoms with Gasteiger partial charge >= 0.3 is 12.1 Å². The van der Waals surface area contributed by atoms with Gasteiger partial charge in [-0.05, 0) is 12.0 Å². The summed E-state index contributed by atoms with van der Waals surface area (Å²) in [7, 11) is 1.27. The number of hydrogen-bond acceptors (Lipinski definition) is 4. The third-order valence-corrected chi connectivity index (χ3v) is 3.54. The maximum atomic E-state index is 12.2.